The van der Waals surface area contributed by atoms with Crippen LogP contribution in [0.2, 0.25) is 0 Å². The zero-order chi connectivity index (χ0) is 15.0. The maximum absolute atomic E-state index is 10.2. The topological polar surface area (TPSA) is 76.7 Å². The second kappa shape index (κ2) is 7.97. The molecule has 0 amide bonds. The molecule has 0 saturated carbocycles. The highest BCUT2D eigenvalue weighted by Crippen LogP contribution is 2.29. The summed E-state index contributed by atoms with van der Waals surface area (Å²) in [5.41, 5.74) is 6.56. The lowest BCUT2D eigenvalue weighted by Crippen LogP contribution is -2.34. The van der Waals surface area contributed by atoms with Crippen LogP contribution in [0.25, 0.3) is 0 Å². The Bertz CT molecular complexity index is 408. The highest BCUT2D eigenvalue weighted by Gasteiger charge is 2.20. The number of benzene rings is 1. The molecule has 0 heterocycles. The van der Waals surface area contributed by atoms with Crippen LogP contribution in [0.15, 0.2) is 18.2 Å². The lowest BCUT2D eigenvalue weighted by Gasteiger charge is -2.24. The largest absolute Gasteiger partial charge is 0.491 e. The first-order valence-electron chi connectivity index (χ1n) is 6.96. The molecule has 0 aliphatic rings. The summed E-state index contributed by atoms with van der Waals surface area (Å²) in [5, 5.41) is 13.4. The number of ether oxygens (including phenoxy) is 2. The Balaban J connectivity index is 2.63. The molecule has 0 fully saturated rings. The van der Waals surface area contributed by atoms with Gasteiger partial charge in [0.05, 0.1) is 23.6 Å². The standard InChI is InChI=1S/C15H26N2O3/c1-4-9-20-13-7-5-6-12(14(13)16)17-11-15(2,18)8-10-19-3/h5-7,17-18H,4,8-11,16H2,1-3H3. The molecule has 0 aliphatic heterocycles. The number of nitrogens with one attached hydrogen (secondary N) is 1. The first-order valence-corrected chi connectivity index (χ1v) is 6.96. The molecule has 1 unspecified atom stereocenters. The average Bonchev–Trinajstić information content (AvgIpc) is 2.43. The molecule has 0 aliphatic carbocycles. The number of methoxy groups -OCH3 is 1. The normalized spacial score (nSPS) is 13.8. The van der Waals surface area contributed by atoms with Crippen molar-refractivity contribution in [2.45, 2.75) is 32.3 Å². The van der Waals surface area contributed by atoms with Gasteiger partial charge in [-0.2, -0.15) is 0 Å². The smallest absolute Gasteiger partial charge is 0.144 e. The van der Waals surface area contributed by atoms with Gasteiger partial charge in [-0.05, 0) is 25.5 Å². The Morgan fingerprint density at radius 1 is 1.35 bits per heavy atom. The highest BCUT2D eigenvalue weighted by atomic mass is 16.5. The van der Waals surface area contributed by atoms with E-state index in [0.29, 0.717) is 37.6 Å². The van der Waals surface area contributed by atoms with Crippen molar-refractivity contribution in [1.82, 2.24) is 0 Å². The van der Waals surface area contributed by atoms with Crippen LogP contribution in [0, 0.1) is 0 Å². The lowest BCUT2D eigenvalue weighted by molar-refractivity contribution is 0.0357. The van der Waals surface area contributed by atoms with Gasteiger partial charge in [-0.15, -0.1) is 0 Å². The van der Waals surface area contributed by atoms with Crippen molar-refractivity contribution in [3.05, 3.63) is 18.2 Å². The summed E-state index contributed by atoms with van der Waals surface area (Å²) in [4.78, 5) is 0. The molecule has 1 rings (SSSR count). The van der Waals surface area contributed by atoms with Crippen molar-refractivity contribution in [2.24, 2.45) is 0 Å². The molecule has 1 aromatic carbocycles. The predicted octanol–water partition coefficient (Wildman–Crippen LogP) is 2.26. The van der Waals surface area contributed by atoms with E-state index in [4.69, 9.17) is 15.2 Å². The summed E-state index contributed by atoms with van der Waals surface area (Å²) in [6.07, 6.45) is 1.49. The van der Waals surface area contributed by atoms with Gasteiger partial charge in [0, 0.05) is 26.7 Å². The molecule has 0 aromatic heterocycles. The summed E-state index contributed by atoms with van der Waals surface area (Å²) < 4.78 is 10.6. The van der Waals surface area contributed by atoms with Gasteiger partial charge in [-0.25, -0.2) is 0 Å². The molecule has 5 heteroatoms. The minimum atomic E-state index is -0.845. The zero-order valence-corrected chi connectivity index (χ0v) is 12.6. The van der Waals surface area contributed by atoms with E-state index in [1.54, 1.807) is 14.0 Å². The maximum atomic E-state index is 10.2. The molecule has 0 spiro atoms. The van der Waals surface area contributed by atoms with Gasteiger partial charge in [-0.3, -0.25) is 0 Å². The van der Waals surface area contributed by atoms with Gasteiger partial charge in [0.25, 0.3) is 0 Å². The van der Waals surface area contributed by atoms with E-state index in [2.05, 4.69) is 5.32 Å². The Morgan fingerprint density at radius 3 is 2.75 bits per heavy atom. The molecule has 1 aromatic rings. The minimum absolute atomic E-state index is 0.401. The third-order valence-electron chi connectivity index (χ3n) is 3.03. The van der Waals surface area contributed by atoms with E-state index < -0.39 is 5.60 Å². The molecule has 1 atom stereocenters. The Kier molecular flexibility index (Phi) is 6.61. The fourth-order valence-electron chi connectivity index (χ4n) is 1.73. The second-order valence-electron chi connectivity index (χ2n) is 5.16. The monoisotopic (exact) mass is 282 g/mol. The van der Waals surface area contributed by atoms with Crippen molar-refractivity contribution in [3.8, 4) is 5.75 Å². The van der Waals surface area contributed by atoms with Crippen molar-refractivity contribution in [1.29, 1.82) is 0 Å². The molecular weight excluding hydrogens is 256 g/mol. The first-order chi connectivity index (χ1) is 9.50. The number of nitrogen functional groups attached to an aromatic ring is 1. The molecule has 0 radical (unpaired) electrons. The number of aliphatic hydroxyl groups is 1. The van der Waals surface area contributed by atoms with Gasteiger partial charge in [0.15, 0.2) is 0 Å². The Morgan fingerprint density at radius 2 is 2.10 bits per heavy atom. The summed E-state index contributed by atoms with van der Waals surface area (Å²) in [6.45, 7) is 5.37. The first kappa shape index (κ1) is 16.6. The number of anilines is 2. The van der Waals surface area contributed by atoms with Crippen LogP contribution < -0.4 is 15.8 Å². The zero-order valence-electron chi connectivity index (χ0n) is 12.6. The van der Waals surface area contributed by atoms with Crippen molar-refractivity contribution < 1.29 is 14.6 Å². The van der Waals surface area contributed by atoms with Crippen LogP contribution in [0.3, 0.4) is 0 Å². The van der Waals surface area contributed by atoms with Crippen LogP contribution in [-0.4, -0.2) is 37.6 Å². The molecule has 114 valence electrons. The maximum Gasteiger partial charge on any atom is 0.144 e. The van der Waals surface area contributed by atoms with E-state index >= 15 is 0 Å². The summed E-state index contributed by atoms with van der Waals surface area (Å²) in [5.74, 6) is 0.674. The number of hydrogen-bond donors (Lipinski definition) is 3. The third-order valence-corrected chi connectivity index (χ3v) is 3.03. The van der Waals surface area contributed by atoms with Gasteiger partial charge in [-0.1, -0.05) is 13.0 Å². The third kappa shape index (κ3) is 5.27. The Labute approximate surface area is 121 Å². The van der Waals surface area contributed by atoms with Gasteiger partial charge in [0.2, 0.25) is 0 Å². The minimum Gasteiger partial charge on any atom is -0.491 e. The molecule has 0 saturated heterocycles. The van der Waals surface area contributed by atoms with E-state index in [1.165, 1.54) is 0 Å². The molecule has 4 N–H and O–H groups in total. The van der Waals surface area contributed by atoms with E-state index in [0.717, 1.165) is 12.1 Å². The number of hydrogen-bond acceptors (Lipinski definition) is 5. The van der Waals surface area contributed by atoms with E-state index in [-0.39, 0.29) is 0 Å². The SMILES string of the molecule is CCCOc1cccc(NCC(C)(O)CCOC)c1N. The van der Waals surface area contributed by atoms with Gasteiger partial charge in [0.1, 0.15) is 5.75 Å². The fourth-order valence-corrected chi connectivity index (χ4v) is 1.73. The summed E-state index contributed by atoms with van der Waals surface area (Å²) in [7, 11) is 1.62. The van der Waals surface area contributed by atoms with Gasteiger partial charge < -0.3 is 25.6 Å². The fraction of sp³-hybridized carbons (Fsp3) is 0.600. The molecular formula is C15H26N2O3. The Hall–Kier alpha value is -1.46. The van der Waals surface area contributed by atoms with Crippen molar-refractivity contribution in [2.75, 3.05) is 37.9 Å². The lowest BCUT2D eigenvalue weighted by atomic mass is 10.0. The van der Waals surface area contributed by atoms with E-state index in [9.17, 15) is 5.11 Å². The molecule has 5 nitrogen and oxygen atoms in total. The summed E-state index contributed by atoms with van der Waals surface area (Å²) in [6, 6.07) is 5.60. The van der Waals surface area contributed by atoms with Crippen molar-refractivity contribution in [3.63, 3.8) is 0 Å². The number of para-hydroxylation sites is 1. The van der Waals surface area contributed by atoms with E-state index in [1.807, 2.05) is 25.1 Å². The summed E-state index contributed by atoms with van der Waals surface area (Å²) >= 11 is 0. The molecule has 0 bridgehead atoms. The van der Waals surface area contributed by atoms with Crippen LogP contribution in [0.5, 0.6) is 5.75 Å². The highest BCUT2D eigenvalue weighted by molar-refractivity contribution is 5.73. The number of rotatable bonds is 9. The number of nitrogens with two attached hydrogens (primary N) is 1. The van der Waals surface area contributed by atoms with Gasteiger partial charge >= 0.3 is 0 Å². The predicted molar refractivity (Wildman–Crippen MR) is 82.2 cm³/mol. The van der Waals surface area contributed by atoms with Crippen LogP contribution >= 0.6 is 0 Å². The van der Waals surface area contributed by atoms with Crippen LogP contribution in [-0.2, 0) is 4.74 Å². The quantitative estimate of drug-likeness (QED) is 0.606. The average molecular weight is 282 g/mol. The van der Waals surface area contributed by atoms with Crippen LogP contribution in [0.1, 0.15) is 26.7 Å². The molecule has 20 heavy (non-hydrogen) atoms. The van der Waals surface area contributed by atoms with Crippen LogP contribution in [0.4, 0.5) is 11.4 Å². The second-order valence-corrected chi connectivity index (χ2v) is 5.16. The van der Waals surface area contributed by atoms with Crippen molar-refractivity contribution >= 4 is 11.4 Å².